The smallest absolute Gasteiger partial charge is 0.223 e. The number of sulfonamides is 1. The van der Waals surface area contributed by atoms with Crippen molar-refractivity contribution in [3.8, 4) is 5.75 Å². The highest BCUT2D eigenvalue weighted by Gasteiger charge is 2.32. The van der Waals surface area contributed by atoms with E-state index in [1.165, 1.54) is 22.5 Å². The first-order chi connectivity index (χ1) is 16.0. The molecular weight excluding hydrogens is 455 g/mol. The topological polar surface area (TPSA) is 75.7 Å². The van der Waals surface area contributed by atoms with Gasteiger partial charge < -0.3 is 10.1 Å². The van der Waals surface area contributed by atoms with Crippen molar-refractivity contribution in [1.82, 2.24) is 9.62 Å². The maximum atomic E-state index is 13.9. The Hall–Kier alpha value is -2.45. The minimum absolute atomic E-state index is 0.0695. The average Bonchev–Trinajstić information content (AvgIpc) is 2.80. The lowest BCUT2D eigenvalue weighted by Crippen LogP contribution is -2.43. The Labute approximate surface area is 202 Å². The molecule has 186 valence electrons. The van der Waals surface area contributed by atoms with Gasteiger partial charge in [0.25, 0.3) is 0 Å². The van der Waals surface area contributed by atoms with Crippen LogP contribution in [-0.4, -0.2) is 38.8 Å². The Morgan fingerprint density at radius 2 is 1.79 bits per heavy atom. The molecule has 0 aliphatic carbocycles. The number of nitrogens with zero attached hydrogens (tertiary/aromatic N) is 1. The monoisotopic (exact) mass is 490 g/mol. The summed E-state index contributed by atoms with van der Waals surface area (Å²) in [5.74, 6) is -0.0940. The SMILES string of the molecule is COc1cc(C)c([C@H](C)NC(=O)C2CCN(S(=O)(=O)Cc3ccccc3F)CC2)cc1C(C)C. The zero-order chi connectivity index (χ0) is 25.0. The van der Waals surface area contributed by atoms with E-state index in [4.69, 9.17) is 4.74 Å². The van der Waals surface area contributed by atoms with E-state index in [0.717, 1.165) is 22.4 Å². The van der Waals surface area contributed by atoms with E-state index in [-0.39, 0.29) is 48.2 Å². The van der Waals surface area contributed by atoms with Gasteiger partial charge in [0, 0.05) is 24.6 Å². The van der Waals surface area contributed by atoms with Gasteiger partial charge in [0.15, 0.2) is 0 Å². The van der Waals surface area contributed by atoms with Crippen LogP contribution < -0.4 is 10.1 Å². The normalized spacial score (nSPS) is 16.4. The molecule has 8 heteroatoms. The fourth-order valence-corrected chi connectivity index (χ4v) is 6.10. The third-order valence-corrected chi connectivity index (χ3v) is 8.41. The van der Waals surface area contributed by atoms with Crippen LogP contribution in [0.4, 0.5) is 4.39 Å². The van der Waals surface area contributed by atoms with E-state index in [9.17, 15) is 17.6 Å². The van der Waals surface area contributed by atoms with Gasteiger partial charge in [-0.2, -0.15) is 0 Å². The largest absolute Gasteiger partial charge is 0.496 e. The maximum Gasteiger partial charge on any atom is 0.223 e. The van der Waals surface area contributed by atoms with E-state index >= 15 is 0 Å². The molecule has 0 saturated carbocycles. The predicted octanol–water partition coefficient (Wildman–Crippen LogP) is 4.69. The second kappa shape index (κ2) is 10.9. The summed E-state index contributed by atoms with van der Waals surface area (Å²) in [5.41, 5.74) is 3.34. The van der Waals surface area contributed by atoms with Gasteiger partial charge in [0.1, 0.15) is 11.6 Å². The number of carbonyl (C=O) groups excluding carboxylic acids is 1. The second-order valence-electron chi connectivity index (χ2n) is 9.36. The second-order valence-corrected chi connectivity index (χ2v) is 11.3. The summed E-state index contributed by atoms with van der Waals surface area (Å²) in [6, 6.07) is 9.83. The lowest BCUT2D eigenvalue weighted by atomic mass is 9.92. The Morgan fingerprint density at radius 1 is 1.15 bits per heavy atom. The summed E-state index contributed by atoms with van der Waals surface area (Å²) in [5, 5.41) is 3.11. The zero-order valence-electron chi connectivity index (χ0n) is 20.6. The minimum atomic E-state index is -3.65. The van der Waals surface area contributed by atoms with Crippen LogP contribution in [0.2, 0.25) is 0 Å². The molecule has 1 N–H and O–H groups in total. The van der Waals surface area contributed by atoms with Gasteiger partial charge in [-0.25, -0.2) is 17.1 Å². The molecule has 1 heterocycles. The minimum Gasteiger partial charge on any atom is -0.496 e. The van der Waals surface area contributed by atoms with Crippen LogP contribution in [0.3, 0.4) is 0 Å². The van der Waals surface area contributed by atoms with Gasteiger partial charge in [0.2, 0.25) is 15.9 Å². The molecule has 34 heavy (non-hydrogen) atoms. The maximum absolute atomic E-state index is 13.9. The number of hydrogen-bond donors (Lipinski definition) is 1. The van der Waals surface area contributed by atoms with Crippen molar-refractivity contribution >= 4 is 15.9 Å². The molecule has 1 amide bonds. The lowest BCUT2D eigenvalue weighted by molar-refractivity contribution is -0.126. The highest BCUT2D eigenvalue weighted by atomic mass is 32.2. The molecular formula is C26H35FN2O4S. The summed E-state index contributed by atoms with van der Waals surface area (Å²) in [6.45, 7) is 8.68. The highest BCUT2D eigenvalue weighted by Crippen LogP contribution is 2.32. The summed E-state index contributed by atoms with van der Waals surface area (Å²) < 4.78 is 46.3. The van der Waals surface area contributed by atoms with Crippen LogP contribution in [0.1, 0.15) is 67.8 Å². The number of piperidine rings is 1. The molecule has 0 spiro atoms. The van der Waals surface area contributed by atoms with Crippen molar-refractivity contribution in [3.63, 3.8) is 0 Å². The number of ether oxygens (including phenoxy) is 1. The number of nitrogens with one attached hydrogen (secondary N) is 1. The molecule has 3 rings (SSSR count). The van der Waals surface area contributed by atoms with E-state index in [0.29, 0.717) is 12.8 Å². The predicted molar refractivity (Wildman–Crippen MR) is 132 cm³/mol. The molecule has 1 saturated heterocycles. The molecule has 2 aromatic rings. The van der Waals surface area contributed by atoms with Crippen molar-refractivity contribution in [3.05, 3.63) is 64.5 Å². The first kappa shape index (κ1) is 26.2. The number of aryl methyl sites for hydroxylation is 1. The quantitative estimate of drug-likeness (QED) is 0.583. The fourth-order valence-electron chi connectivity index (χ4n) is 4.52. The zero-order valence-corrected chi connectivity index (χ0v) is 21.4. The Balaban J connectivity index is 1.62. The number of rotatable bonds is 8. The third kappa shape index (κ3) is 5.96. The van der Waals surface area contributed by atoms with Crippen molar-refractivity contribution in [2.45, 2.75) is 58.2 Å². The molecule has 0 radical (unpaired) electrons. The average molecular weight is 491 g/mol. The Morgan fingerprint density at radius 3 is 2.38 bits per heavy atom. The molecule has 0 unspecified atom stereocenters. The van der Waals surface area contributed by atoms with E-state index in [1.54, 1.807) is 13.2 Å². The van der Waals surface area contributed by atoms with Crippen LogP contribution >= 0.6 is 0 Å². The van der Waals surface area contributed by atoms with E-state index < -0.39 is 15.8 Å². The summed E-state index contributed by atoms with van der Waals surface area (Å²) in [4.78, 5) is 13.0. The van der Waals surface area contributed by atoms with Crippen molar-refractivity contribution in [2.75, 3.05) is 20.2 Å². The van der Waals surface area contributed by atoms with Crippen LogP contribution in [-0.2, 0) is 20.6 Å². The molecule has 6 nitrogen and oxygen atoms in total. The molecule has 0 bridgehead atoms. The summed E-state index contributed by atoms with van der Waals surface area (Å²) >= 11 is 0. The first-order valence-corrected chi connectivity index (χ1v) is 13.3. The van der Waals surface area contributed by atoms with Gasteiger partial charge in [-0.1, -0.05) is 32.0 Å². The van der Waals surface area contributed by atoms with Crippen LogP contribution in [0.5, 0.6) is 5.75 Å². The Bertz CT molecular complexity index is 1130. The number of halogens is 1. The number of benzene rings is 2. The highest BCUT2D eigenvalue weighted by molar-refractivity contribution is 7.88. The van der Waals surface area contributed by atoms with E-state index in [2.05, 4.69) is 25.2 Å². The van der Waals surface area contributed by atoms with Crippen molar-refractivity contribution in [1.29, 1.82) is 0 Å². The van der Waals surface area contributed by atoms with Crippen LogP contribution in [0.25, 0.3) is 0 Å². The number of methoxy groups -OCH3 is 1. The number of amides is 1. The van der Waals surface area contributed by atoms with Gasteiger partial charge in [0.05, 0.1) is 18.9 Å². The summed E-state index contributed by atoms with van der Waals surface area (Å²) in [6.07, 6.45) is 0.877. The molecule has 1 aliphatic rings. The van der Waals surface area contributed by atoms with Gasteiger partial charge in [-0.15, -0.1) is 0 Å². The number of carbonyl (C=O) groups is 1. The van der Waals surface area contributed by atoms with Crippen LogP contribution in [0, 0.1) is 18.7 Å². The molecule has 1 fully saturated rings. The van der Waals surface area contributed by atoms with Crippen molar-refractivity contribution in [2.24, 2.45) is 5.92 Å². The molecule has 1 aliphatic heterocycles. The van der Waals surface area contributed by atoms with Gasteiger partial charge >= 0.3 is 0 Å². The van der Waals surface area contributed by atoms with Gasteiger partial charge in [-0.3, -0.25) is 4.79 Å². The Kier molecular flexibility index (Phi) is 8.36. The lowest BCUT2D eigenvalue weighted by Gasteiger charge is -2.31. The molecule has 2 aromatic carbocycles. The van der Waals surface area contributed by atoms with Crippen molar-refractivity contribution < 1.29 is 22.3 Å². The molecule has 1 atom stereocenters. The van der Waals surface area contributed by atoms with E-state index in [1.807, 2.05) is 19.9 Å². The first-order valence-electron chi connectivity index (χ1n) is 11.7. The molecule has 0 aromatic heterocycles. The summed E-state index contributed by atoms with van der Waals surface area (Å²) in [7, 11) is -1.99. The third-order valence-electron chi connectivity index (χ3n) is 6.58. The fraction of sp³-hybridized carbons (Fsp3) is 0.500. The van der Waals surface area contributed by atoms with Crippen LogP contribution in [0.15, 0.2) is 36.4 Å². The number of hydrogen-bond acceptors (Lipinski definition) is 4. The van der Waals surface area contributed by atoms with Gasteiger partial charge in [-0.05, 0) is 67.5 Å². The standard InChI is InChI=1S/C26H35FN2O4S/c1-17(2)22-15-23(18(3)14-25(22)33-5)19(4)28-26(30)20-10-12-29(13-11-20)34(31,32)16-21-8-6-7-9-24(21)27/h6-9,14-15,17,19-20H,10-13,16H2,1-5H3,(H,28,30)/t19-/m0/s1.